The number of ether oxygens (including phenoxy) is 1. The second-order valence-electron chi connectivity index (χ2n) is 12.5. The van der Waals surface area contributed by atoms with Crippen molar-refractivity contribution in [2.75, 3.05) is 12.0 Å². The number of aryl methyl sites for hydroxylation is 2. The fourth-order valence-electron chi connectivity index (χ4n) is 6.36. The summed E-state index contributed by atoms with van der Waals surface area (Å²) in [6.07, 6.45) is 4.09. The SMILES string of the molecule is COc1ncnc(C2CC2)c1-c1ncc2c(n1)N(Cc1ccc(-c3nc(C(F)(F)F)cn3C3CC3)cc1)C(O)C(c1c(C)noc1C)=C2. The van der Waals surface area contributed by atoms with Crippen molar-refractivity contribution >= 4 is 17.5 Å². The van der Waals surface area contributed by atoms with Gasteiger partial charge in [0.15, 0.2) is 17.7 Å². The lowest BCUT2D eigenvalue weighted by atomic mass is 9.96. The Morgan fingerprint density at radius 3 is 2.42 bits per heavy atom. The molecule has 0 bridgehead atoms. The van der Waals surface area contributed by atoms with Crippen LogP contribution < -0.4 is 9.64 Å². The van der Waals surface area contributed by atoms with Crippen molar-refractivity contribution in [2.24, 2.45) is 0 Å². The lowest BCUT2D eigenvalue weighted by Crippen LogP contribution is -2.39. The number of anilines is 1. The Morgan fingerprint density at radius 1 is 1.00 bits per heavy atom. The highest BCUT2D eigenvalue weighted by Crippen LogP contribution is 2.46. The number of rotatable bonds is 8. The number of aliphatic hydroxyl groups excluding tert-OH is 1. The van der Waals surface area contributed by atoms with Crippen LogP contribution in [0.1, 0.15) is 77.2 Å². The molecule has 0 spiro atoms. The second kappa shape index (κ2) is 11.3. The maximum absolute atomic E-state index is 13.5. The first kappa shape index (κ1) is 30.2. The third-order valence-corrected chi connectivity index (χ3v) is 9.03. The minimum absolute atomic E-state index is 0.0146. The first-order chi connectivity index (χ1) is 23.1. The zero-order chi connectivity index (χ0) is 33.3. The zero-order valence-corrected chi connectivity index (χ0v) is 26.4. The minimum Gasteiger partial charge on any atom is -0.480 e. The Labute approximate surface area is 273 Å². The van der Waals surface area contributed by atoms with E-state index in [-0.39, 0.29) is 24.3 Å². The van der Waals surface area contributed by atoms with Crippen LogP contribution in [-0.4, -0.2) is 53.1 Å². The van der Waals surface area contributed by atoms with E-state index in [9.17, 15) is 18.3 Å². The van der Waals surface area contributed by atoms with E-state index in [1.165, 1.54) is 6.33 Å². The van der Waals surface area contributed by atoms with Crippen LogP contribution in [0.5, 0.6) is 5.88 Å². The van der Waals surface area contributed by atoms with Crippen molar-refractivity contribution < 1.29 is 27.5 Å². The summed E-state index contributed by atoms with van der Waals surface area (Å²) < 4.78 is 53.3. The number of aromatic nitrogens is 7. The molecule has 2 aliphatic carbocycles. The maximum Gasteiger partial charge on any atom is 0.434 e. The van der Waals surface area contributed by atoms with Crippen molar-refractivity contribution in [3.8, 4) is 28.7 Å². The fraction of sp³-hybridized carbons (Fsp3) is 0.353. The zero-order valence-electron chi connectivity index (χ0n) is 26.4. The molecule has 1 unspecified atom stereocenters. The van der Waals surface area contributed by atoms with Crippen LogP contribution >= 0.6 is 0 Å². The quantitative estimate of drug-likeness (QED) is 0.197. The molecule has 5 aromatic rings. The highest BCUT2D eigenvalue weighted by molar-refractivity contribution is 5.92. The number of benzene rings is 1. The lowest BCUT2D eigenvalue weighted by Gasteiger charge is -2.35. The molecule has 48 heavy (non-hydrogen) atoms. The van der Waals surface area contributed by atoms with Crippen molar-refractivity contribution in [1.82, 2.24) is 34.6 Å². The van der Waals surface area contributed by atoms with E-state index in [2.05, 4.69) is 20.1 Å². The summed E-state index contributed by atoms with van der Waals surface area (Å²) in [6, 6.07) is 7.20. The molecule has 246 valence electrons. The summed E-state index contributed by atoms with van der Waals surface area (Å²) in [5.74, 6) is 2.35. The van der Waals surface area contributed by atoms with Crippen LogP contribution in [0, 0.1) is 13.8 Å². The van der Waals surface area contributed by atoms with E-state index in [1.807, 2.05) is 25.1 Å². The van der Waals surface area contributed by atoms with Gasteiger partial charge >= 0.3 is 6.18 Å². The molecule has 11 nitrogen and oxygen atoms in total. The van der Waals surface area contributed by atoms with Crippen LogP contribution in [0.3, 0.4) is 0 Å². The van der Waals surface area contributed by atoms with Crippen LogP contribution in [-0.2, 0) is 12.7 Å². The van der Waals surface area contributed by atoms with Crippen LogP contribution in [0.4, 0.5) is 19.0 Å². The van der Waals surface area contributed by atoms with Gasteiger partial charge in [0, 0.05) is 53.2 Å². The molecule has 8 rings (SSSR count). The number of hydrogen-bond acceptors (Lipinski definition) is 10. The number of alkyl halides is 3. The summed E-state index contributed by atoms with van der Waals surface area (Å²) in [7, 11) is 1.54. The Morgan fingerprint density at radius 2 is 1.77 bits per heavy atom. The molecule has 2 saturated carbocycles. The summed E-state index contributed by atoms with van der Waals surface area (Å²) in [5, 5.41) is 16.0. The molecule has 0 radical (unpaired) electrons. The van der Waals surface area contributed by atoms with Gasteiger partial charge in [-0.3, -0.25) is 0 Å². The normalized spacial score (nSPS) is 17.8. The summed E-state index contributed by atoms with van der Waals surface area (Å²) in [5.41, 5.74) is 4.49. The van der Waals surface area contributed by atoms with Crippen molar-refractivity contribution in [3.05, 3.63) is 82.5 Å². The van der Waals surface area contributed by atoms with Gasteiger partial charge in [-0.1, -0.05) is 29.4 Å². The Kier molecular flexibility index (Phi) is 7.09. The van der Waals surface area contributed by atoms with Gasteiger partial charge in [0.05, 0.1) is 18.5 Å². The van der Waals surface area contributed by atoms with E-state index in [0.717, 1.165) is 43.1 Å². The van der Waals surface area contributed by atoms with Crippen LogP contribution in [0.2, 0.25) is 0 Å². The van der Waals surface area contributed by atoms with Crippen molar-refractivity contribution in [2.45, 2.75) is 70.4 Å². The average Bonchev–Trinajstić information content (AvgIpc) is 4.02. The summed E-state index contributed by atoms with van der Waals surface area (Å²) in [6.45, 7) is 3.82. The molecule has 0 amide bonds. The molecule has 14 heteroatoms. The van der Waals surface area contributed by atoms with Crippen LogP contribution in [0.25, 0.3) is 34.4 Å². The van der Waals surface area contributed by atoms with Gasteiger partial charge in [0.25, 0.3) is 0 Å². The Bertz CT molecular complexity index is 2040. The van der Waals surface area contributed by atoms with Gasteiger partial charge in [-0.25, -0.2) is 24.9 Å². The maximum atomic E-state index is 13.5. The predicted octanol–water partition coefficient (Wildman–Crippen LogP) is 6.52. The molecule has 0 saturated heterocycles. The Balaban J connectivity index is 1.19. The van der Waals surface area contributed by atoms with E-state index < -0.39 is 18.1 Å². The smallest absolute Gasteiger partial charge is 0.434 e. The topological polar surface area (TPSA) is 128 Å². The van der Waals surface area contributed by atoms with E-state index >= 15 is 0 Å². The third-order valence-electron chi connectivity index (χ3n) is 9.03. The molecule has 4 aromatic heterocycles. The van der Waals surface area contributed by atoms with E-state index in [4.69, 9.17) is 19.2 Å². The van der Waals surface area contributed by atoms with Gasteiger partial charge < -0.3 is 23.8 Å². The molecular formula is C34H31F3N8O3. The molecule has 1 aliphatic heterocycles. The van der Waals surface area contributed by atoms with E-state index in [1.54, 1.807) is 41.8 Å². The molecule has 1 atom stereocenters. The van der Waals surface area contributed by atoms with Crippen molar-refractivity contribution in [1.29, 1.82) is 0 Å². The van der Waals surface area contributed by atoms with Crippen molar-refractivity contribution in [3.63, 3.8) is 0 Å². The first-order valence-corrected chi connectivity index (χ1v) is 15.7. The monoisotopic (exact) mass is 656 g/mol. The number of aliphatic hydroxyl groups is 1. The van der Waals surface area contributed by atoms with Gasteiger partial charge in [-0.2, -0.15) is 13.2 Å². The number of fused-ring (bicyclic) bond motifs is 1. The molecule has 1 aromatic carbocycles. The molecular weight excluding hydrogens is 625 g/mol. The molecule has 5 heterocycles. The highest BCUT2D eigenvalue weighted by Gasteiger charge is 2.38. The Hall–Kier alpha value is -5.11. The lowest BCUT2D eigenvalue weighted by molar-refractivity contribution is -0.140. The number of imidazole rings is 1. The first-order valence-electron chi connectivity index (χ1n) is 15.7. The van der Waals surface area contributed by atoms with E-state index in [0.29, 0.717) is 56.8 Å². The van der Waals surface area contributed by atoms with Gasteiger partial charge in [0.1, 0.15) is 29.3 Å². The summed E-state index contributed by atoms with van der Waals surface area (Å²) in [4.78, 5) is 24.3. The summed E-state index contributed by atoms with van der Waals surface area (Å²) >= 11 is 0. The third kappa shape index (κ3) is 5.29. The minimum atomic E-state index is -4.53. The fourth-order valence-corrected chi connectivity index (χ4v) is 6.36. The predicted molar refractivity (Wildman–Crippen MR) is 169 cm³/mol. The molecule has 1 N–H and O–H groups in total. The number of methoxy groups -OCH3 is 1. The standard InChI is InChI=1S/C34H31F3N8O3/c1-17-26(18(2)48-43-17)24-12-22-13-38-29(27-28(20-8-9-20)39-16-40-32(27)47-3)42-31(22)45(33(24)46)14-19-4-6-21(7-5-19)30-41-25(34(35,36)37)15-44(30)23-10-11-23/h4-7,12-13,15-16,20,23,33,46H,8-11,14H2,1-3H3. The largest absolute Gasteiger partial charge is 0.480 e. The average molecular weight is 657 g/mol. The second-order valence-corrected chi connectivity index (χ2v) is 12.5. The van der Waals surface area contributed by atoms with Crippen LogP contribution in [0.15, 0.2) is 47.5 Å². The highest BCUT2D eigenvalue weighted by atomic mass is 19.4. The number of hydrogen-bond donors (Lipinski definition) is 1. The van der Waals surface area contributed by atoms with Gasteiger partial charge in [0.2, 0.25) is 5.88 Å². The molecule has 3 aliphatic rings. The number of halogens is 3. The molecule has 2 fully saturated rings. The number of nitrogens with zero attached hydrogens (tertiary/aromatic N) is 8. The van der Waals surface area contributed by atoms with Gasteiger partial charge in [-0.15, -0.1) is 0 Å². The van der Waals surface area contributed by atoms with Gasteiger partial charge in [-0.05, 0) is 51.2 Å².